The van der Waals surface area contributed by atoms with Crippen molar-refractivity contribution in [2.75, 3.05) is 18.6 Å². The van der Waals surface area contributed by atoms with Crippen LogP contribution in [0.3, 0.4) is 0 Å². The first-order chi connectivity index (χ1) is 16.8. The van der Waals surface area contributed by atoms with Gasteiger partial charge < -0.3 is 4.74 Å². The van der Waals surface area contributed by atoms with E-state index in [1.54, 1.807) is 0 Å². The molecule has 0 bridgehead atoms. The van der Waals surface area contributed by atoms with Crippen LogP contribution in [0.1, 0.15) is 0 Å². The molecule has 0 saturated carbocycles. The average Bonchev–Trinajstić information content (AvgIpc) is 2.75. The lowest BCUT2D eigenvalue weighted by atomic mass is 9.94. The van der Waals surface area contributed by atoms with Crippen LogP contribution >= 0.6 is 0 Å². The lowest BCUT2D eigenvalue weighted by Gasteiger charge is -2.38. The van der Waals surface area contributed by atoms with Crippen molar-refractivity contribution >= 4 is 32.3 Å². The molecule has 22 heteroatoms. The van der Waals surface area contributed by atoms with Crippen LogP contribution in [0.5, 0.6) is 0 Å². The Balaban J connectivity index is 3.15. The van der Waals surface area contributed by atoms with Crippen LogP contribution in [-0.2, 0) is 30.2 Å². The van der Waals surface area contributed by atoms with E-state index in [-0.39, 0.29) is 0 Å². The number of sulfone groups is 1. The Morgan fingerprint density at radius 3 is 1.92 bits per heavy atom. The number of esters is 1. The van der Waals surface area contributed by atoms with Crippen molar-refractivity contribution in [1.82, 2.24) is 0 Å². The Labute approximate surface area is 205 Å². The number of ether oxygens (including phenoxy) is 1. The third-order valence-corrected chi connectivity index (χ3v) is 6.85. The van der Waals surface area contributed by atoms with Gasteiger partial charge in [-0.2, -0.15) is 43.9 Å². The van der Waals surface area contributed by atoms with Crippen LogP contribution < -0.4 is 0 Å². The molecule has 1 rings (SSSR count). The zero-order valence-electron chi connectivity index (χ0n) is 17.9. The first-order valence-corrected chi connectivity index (χ1v) is 12.2. The predicted molar refractivity (Wildman–Crippen MR) is 99.2 cm³/mol. The minimum atomic E-state index is -7.85. The van der Waals surface area contributed by atoms with Crippen molar-refractivity contribution in [3.63, 3.8) is 0 Å². The summed E-state index contributed by atoms with van der Waals surface area (Å²) in [4.78, 5) is 19.8. The maximum absolute atomic E-state index is 13.7. The van der Waals surface area contributed by atoms with Gasteiger partial charge >= 0.3 is 42.0 Å². The number of carbonyl (C=O) groups is 1. The fourth-order valence-corrected chi connectivity index (χ4v) is 4.00. The largest absolute Gasteiger partial charge is 0.458 e. The predicted octanol–water partition coefficient (Wildman–Crippen LogP) is 4.09. The van der Waals surface area contributed by atoms with Crippen LogP contribution in [0.25, 0.3) is 0 Å². The Kier molecular flexibility index (Phi) is 9.21. The number of hydrogen-bond donors (Lipinski definition) is 0. The smallest absolute Gasteiger partial charge is 0.384 e. The summed E-state index contributed by atoms with van der Waals surface area (Å²) in [6.45, 7) is -3.25. The molecule has 1 atom stereocenters. The molecule has 0 aliphatic rings. The van der Waals surface area contributed by atoms with Crippen molar-refractivity contribution in [3.8, 4) is 0 Å². The van der Waals surface area contributed by atoms with Crippen molar-refractivity contribution in [1.29, 1.82) is 0 Å². The van der Waals surface area contributed by atoms with Gasteiger partial charge in [0, 0.05) is 12.3 Å². The zero-order chi connectivity index (χ0) is 30.3. The molecule has 0 amide bonds. The first-order valence-electron chi connectivity index (χ1n) is 8.95. The molecule has 8 nitrogen and oxygen atoms in total. The standard InChI is InChI=1S/C16H11F12NO7S2/c1-38(34,35)7-2-3-9(8(4-7)29(31)32)37(33)5-10(30)36-6-12(19,20)14(23,24)16(27,28)15(25,26)13(21,22)11(17)18/h2-4,11H,5-6H2,1H3. The third-order valence-electron chi connectivity index (χ3n) is 4.40. The van der Waals surface area contributed by atoms with Crippen LogP contribution in [0.4, 0.5) is 58.4 Å². The second kappa shape index (κ2) is 10.5. The molecule has 38 heavy (non-hydrogen) atoms. The van der Waals surface area contributed by atoms with Gasteiger partial charge in [-0.3, -0.25) is 19.1 Å². The van der Waals surface area contributed by atoms with Gasteiger partial charge in [-0.05, 0) is 12.1 Å². The molecule has 218 valence electrons. The number of benzene rings is 1. The Morgan fingerprint density at radius 1 is 1.00 bits per heavy atom. The summed E-state index contributed by atoms with van der Waals surface area (Å²) in [6.07, 6.45) is -5.08. The molecule has 0 N–H and O–H groups in total. The summed E-state index contributed by atoms with van der Waals surface area (Å²) in [5.74, 6) is -40.9. The van der Waals surface area contributed by atoms with E-state index in [1.165, 1.54) is 0 Å². The third kappa shape index (κ3) is 5.99. The molecular formula is C16H11F12NO7S2. The molecule has 0 aliphatic carbocycles. The molecule has 1 aromatic carbocycles. The maximum atomic E-state index is 13.7. The number of hydrogen-bond acceptors (Lipinski definition) is 7. The topological polar surface area (TPSA) is 121 Å². The van der Waals surface area contributed by atoms with Crippen molar-refractivity contribution in [2.45, 2.75) is 45.8 Å². The number of rotatable bonds is 12. The monoisotopic (exact) mass is 621 g/mol. The van der Waals surface area contributed by atoms with Gasteiger partial charge in [0.05, 0.1) is 20.6 Å². The van der Waals surface area contributed by atoms with Crippen LogP contribution in [0, 0.1) is 10.1 Å². The first kappa shape index (κ1) is 33.4. The summed E-state index contributed by atoms with van der Waals surface area (Å²) in [5, 5.41) is 11.1. The molecule has 0 saturated heterocycles. The van der Waals surface area contributed by atoms with Crippen LogP contribution in [0.15, 0.2) is 28.0 Å². The molecule has 0 heterocycles. The van der Waals surface area contributed by atoms with Crippen molar-refractivity contribution in [3.05, 3.63) is 28.3 Å². The van der Waals surface area contributed by atoms with E-state index in [0.29, 0.717) is 24.5 Å². The highest BCUT2D eigenvalue weighted by atomic mass is 32.2. The Hall–Kier alpha value is -2.65. The normalized spacial score (nSPS) is 14.9. The van der Waals surface area contributed by atoms with Crippen LogP contribution in [0.2, 0.25) is 0 Å². The number of nitro groups is 1. The fourth-order valence-electron chi connectivity index (χ4n) is 2.32. The van der Waals surface area contributed by atoms with Gasteiger partial charge in [-0.15, -0.1) is 0 Å². The van der Waals surface area contributed by atoms with Gasteiger partial charge in [-0.1, -0.05) is 0 Å². The zero-order valence-corrected chi connectivity index (χ0v) is 19.5. The summed E-state index contributed by atoms with van der Waals surface area (Å²) in [6, 6.07) is 1.57. The van der Waals surface area contributed by atoms with E-state index in [1.807, 2.05) is 0 Å². The quantitative estimate of drug-likeness (QED) is 0.149. The summed E-state index contributed by atoms with van der Waals surface area (Å²) >= 11 is 0. The van der Waals surface area contributed by atoms with Crippen LogP contribution in [-0.4, -0.2) is 78.2 Å². The summed E-state index contributed by atoms with van der Waals surface area (Å²) in [7, 11) is -7.03. The summed E-state index contributed by atoms with van der Waals surface area (Å²) < 4.78 is 196. The Morgan fingerprint density at radius 2 is 1.50 bits per heavy atom. The number of alkyl halides is 12. The maximum Gasteiger partial charge on any atom is 0.384 e. The molecule has 0 radical (unpaired) electrons. The van der Waals surface area contributed by atoms with E-state index in [2.05, 4.69) is 4.74 Å². The van der Waals surface area contributed by atoms with Gasteiger partial charge in [0.25, 0.3) is 5.69 Å². The molecular weight excluding hydrogens is 610 g/mol. The van der Waals surface area contributed by atoms with Crippen molar-refractivity contribution < 1.29 is 79.8 Å². The van der Waals surface area contributed by atoms with Gasteiger partial charge in [-0.25, -0.2) is 17.2 Å². The fraction of sp³-hybridized carbons (Fsp3) is 0.562. The molecule has 0 aromatic heterocycles. The van der Waals surface area contributed by atoms with Crippen molar-refractivity contribution in [2.24, 2.45) is 0 Å². The highest BCUT2D eigenvalue weighted by Crippen LogP contribution is 2.58. The van der Waals surface area contributed by atoms with E-state index in [9.17, 15) is 80.2 Å². The number of nitro benzene ring substituents is 1. The van der Waals surface area contributed by atoms with Gasteiger partial charge in [0.1, 0.15) is 10.6 Å². The highest BCUT2D eigenvalue weighted by molar-refractivity contribution is 7.90. The number of halogens is 12. The van der Waals surface area contributed by atoms with Gasteiger partial charge in [0.2, 0.25) is 0 Å². The van der Waals surface area contributed by atoms with E-state index >= 15 is 0 Å². The SMILES string of the molecule is CS(=O)(=O)c1ccc(S(=O)CC(=O)OCC(F)(F)C(F)(F)C(F)(F)C(F)(F)C(F)(F)C(F)F)c([N+](=O)[O-])c1. The Bertz CT molecular complexity index is 1220. The highest BCUT2D eigenvalue weighted by Gasteiger charge is 2.87. The number of carbonyl (C=O) groups excluding carboxylic acids is 1. The molecule has 1 unspecified atom stereocenters. The molecule has 0 spiro atoms. The van der Waals surface area contributed by atoms with E-state index in [0.717, 1.165) is 0 Å². The molecule has 0 aliphatic heterocycles. The minimum absolute atomic E-state index is 0.375. The number of nitrogens with zero attached hydrogens (tertiary/aromatic N) is 1. The van der Waals surface area contributed by atoms with Gasteiger partial charge in [0.15, 0.2) is 16.4 Å². The van der Waals surface area contributed by atoms with E-state index < -0.39 is 95.4 Å². The summed E-state index contributed by atoms with van der Waals surface area (Å²) in [5.41, 5.74) is -1.20. The second-order valence-corrected chi connectivity index (χ2v) is 10.6. The minimum Gasteiger partial charge on any atom is -0.458 e. The lowest BCUT2D eigenvalue weighted by molar-refractivity contribution is -0.414. The van der Waals surface area contributed by atoms with E-state index in [4.69, 9.17) is 0 Å². The molecule has 1 aromatic rings. The lowest BCUT2D eigenvalue weighted by Crippen LogP contribution is -2.69. The average molecular weight is 621 g/mol. The second-order valence-electron chi connectivity index (χ2n) is 7.16. The molecule has 0 fully saturated rings.